The second kappa shape index (κ2) is 7.50. The molecule has 0 amide bonds. The Hall–Kier alpha value is -2.49. The molecule has 0 fully saturated rings. The number of rotatable bonds is 6. The van der Waals surface area contributed by atoms with Crippen LogP contribution in [0.4, 0.5) is 4.39 Å². The molecule has 114 valence electrons. The minimum absolute atomic E-state index is 0.321. The molecule has 2 rings (SSSR count). The first-order valence-electron chi connectivity index (χ1n) is 7.12. The predicted octanol–water partition coefficient (Wildman–Crippen LogP) is 3.75. The highest BCUT2D eigenvalue weighted by Crippen LogP contribution is 2.20. The molecule has 0 radical (unpaired) electrons. The number of halogens is 1. The molecule has 0 heterocycles. The zero-order chi connectivity index (χ0) is 15.9. The Morgan fingerprint density at radius 3 is 2.27 bits per heavy atom. The highest BCUT2D eigenvalue weighted by molar-refractivity contribution is 5.98. The second-order valence-corrected chi connectivity index (χ2v) is 4.91. The zero-order valence-electron chi connectivity index (χ0n) is 12.3. The Bertz CT molecular complexity index is 635. The van der Waals surface area contributed by atoms with E-state index in [1.807, 2.05) is 37.3 Å². The third-order valence-corrected chi connectivity index (χ3v) is 3.41. The monoisotopic (exact) mass is 300 g/mol. The van der Waals surface area contributed by atoms with Crippen molar-refractivity contribution < 1.29 is 18.7 Å². The average molecular weight is 300 g/mol. The normalized spacial score (nSPS) is 11.7. The van der Waals surface area contributed by atoms with E-state index >= 15 is 0 Å². The molecule has 0 aromatic heterocycles. The molecule has 2 aromatic carbocycles. The van der Waals surface area contributed by atoms with Crippen LogP contribution in [0.5, 0.6) is 0 Å². The summed E-state index contributed by atoms with van der Waals surface area (Å²) in [5.74, 6) is -1.58. The van der Waals surface area contributed by atoms with Crippen molar-refractivity contribution in [3.63, 3.8) is 0 Å². The fraction of sp³-hybridized carbons (Fsp3) is 0.222. The number of carbonyl (C=O) groups excluding carboxylic acids is 2. The lowest BCUT2D eigenvalue weighted by Crippen LogP contribution is -2.19. The van der Waals surface area contributed by atoms with Crippen LogP contribution in [0.1, 0.15) is 35.2 Å². The van der Waals surface area contributed by atoms with E-state index in [1.165, 1.54) is 24.3 Å². The van der Waals surface area contributed by atoms with E-state index in [4.69, 9.17) is 4.74 Å². The molecule has 22 heavy (non-hydrogen) atoms. The Morgan fingerprint density at radius 1 is 1.05 bits per heavy atom. The maximum absolute atomic E-state index is 12.8. The first-order chi connectivity index (χ1) is 10.6. The fourth-order valence-electron chi connectivity index (χ4n) is 2.18. The van der Waals surface area contributed by atoms with Gasteiger partial charge in [-0.15, -0.1) is 0 Å². The van der Waals surface area contributed by atoms with Gasteiger partial charge in [-0.05, 0) is 36.2 Å². The number of hydrogen-bond acceptors (Lipinski definition) is 3. The number of Topliss-reactive ketones (excluding diaryl/α,β-unsaturated/α-hetero) is 1. The zero-order valence-corrected chi connectivity index (χ0v) is 12.3. The van der Waals surface area contributed by atoms with E-state index in [-0.39, 0.29) is 18.3 Å². The van der Waals surface area contributed by atoms with Gasteiger partial charge in [-0.25, -0.2) is 4.39 Å². The summed E-state index contributed by atoms with van der Waals surface area (Å²) in [7, 11) is 0. The van der Waals surface area contributed by atoms with Crippen molar-refractivity contribution in [1.82, 2.24) is 0 Å². The molecule has 0 N–H and O–H groups in total. The first kappa shape index (κ1) is 15.9. The quantitative estimate of drug-likeness (QED) is 0.603. The molecule has 0 unspecified atom stereocenters. The number of esters is 1. The van der Waals surface area contributed by atoms with Crippen LogP contribution in [0.25, 0.3) is 0 Å². The van der Waals surface area contributed by atoms with Crippen LogP contribution in [-0.4, -0.2) is 18.4 Å². The van der Waals surface area contributed by atoms with E-state index in [0.29, 0.717) is 12.0 Å². The standard InChI is InChI=1S/C18H17FO3/c1-2-16(13-6-4-3-5-7-13)18(21)22-12-17(20)14-8-10-15(19)11-9-14/h3-11,16H,2,12H2,1H3/t16-/m1/s1. The number of ether oxygens (including phenoxy) is 1. The van der Waals surface area contributed by atoms with Crippen molar-refractivity contribution in [2.24, 2.45) is 0 Å². The molecule has 3 nitrogen and oxygen atoms in total. The van der Waals surface area contributed by atoms with Gasteiger partial charge < -0.3 is 4.74 Å². The van der Waals surface area contributed by atoms with Gasteiger partial charge in [0.15, 0.2) is 12.4 Å². The Morgan fingerprint density at radius 2 is 1.68 bits per heavy atom. The molecule has 0 aliphatic heterocycles. The van der Waals surface area contributed by atoms with Gasteiger partial charge in [0.1, 0.15) is 5.82 Å². The van der Waals surface area contributed by atoms with Crippen molar-refractivity contribution in [1.29, 1.82) is 0 Å². The van der Waals surface area contributed by atoms with Crippen LogP contribution in [0.2, 0.25) is 0 Å². The molecular weight excluding hydrogens is 283 g/mol. The van der Waals surface area contributed by atoms with Crippen LogP contribution in [0.15, 0.2) is 54.6 Å². The lowest BCUT2D eigenvalue weighted by molar-refractivity contribution is -0.144. The third kappa shape index (κ3) is 4.01. The molecule has 0 saturated carbocycles. The van der Waals surface area contributed by atoms with Crippen LogP contribution >= 0.6 is 0 Å². The summed E-state index contributed by atoms with van der Waals surface area (Å²) >= 11 is 0. The third-order valence-electron chi connectivity index (χ3n) is 3.41. The van der Waals surface area contributed by atoms with E-state index < -0.39 is 11.8 Å². The molecule has 0 aliphatic carbocycles. The smallest absolute Gasteiger partial charge is 0.313 e. The Kier molecular flexibility index (Phi) is 5.42. The molecule has 2 aromatic rings. The van der Waals surface area contributed by atoms with Gasteiger partial charge in [-0.2, -0.15) is 0 Å². The summed E-state index contributed by atoms with van der Waals surface area (Å²) in [6.45, 7) is 1.55. The molecule has 0 aliphatic rings. The summed E-state index contributed by atoms with van der Waals surface area (Å²) in [4.78, 5) is 24.0. The van der Waals surface area contributed by atoms with Crippen molar-refractivity contribution in [2.45, 2.75) is 19.3 Å². The lowest BCUT2D eigenvalue weighted by atomic mass is 9.97. The van der Waals surface area contributed by atoms with Crippen molar-refractivity contribution in [3.8, 4) is 0 Å². The number of benzene rings is 2. The largest absolute Gasteiger partial charge is 0.457 e. The van der Waals surface area contributed by atoms with Gasteiger partial charge in [0, 0.05) is 5.56 Å². The number of carbonyl (C=O) groups is 2. The van der Waals surface area contributed by atoms with Gasteiger partial charge in [0.25, 0.3) is 0 Å². The molecular formula is C18H17FO3. The molecule has 0 saturated heterocycles. The summed E-state index contributed by atoms with van der Waals surface area (Å²) in [6, 6.07) is 14.5. The molecule has 1 atom stereocenters. The van der Waals surface area contributed by atoms with Crippen molar-refractivity contribution >= 4 is 11.8 Å². The Labute approximate surface area is 128 Å². The van der Waals surface area contributed by atoms with Gasteiger partial charge >= 0.3 is 5.97 Å². The highest BCUT2D eigenvalue weighted by atomic mass is 19.1. The minimum atomic E-state index is -0.427. The van der Waals surface area contributed by atoms with E-state index in [1.54, 1.807) is 0 Å². The average Bonchev–Trinajstić information content (AvgIpc) is 2.55. The predicted molar refractivity (Wildman–Crippen MR) is 81.2 cm³/mol. The lowest BCUT2D eigenvalue weighted by Gasteiger charge is -2.14. The van der Waals surface area contributed by atoms with Crippen molar-refractivity contribution in [2.75, 3.05) is 6.61 Å². The highest BCUT2D eigenvalue weighted by Gasteiger charge is 2.21. The number of ketones is 1. The first-order valence-corrected chi connectivity index (χ1v) is 7.12. The minimum Gasteiger partial charge on any atom is -0.457 e. The SMILES string of the molecule is CC[C@@H](C(=O)OCC(=O)c1ccc(F)cc1)c1ccccc1. The topological polar surface area (TPSA) is 43.4 Å². The van der Waals surface area contributed by atoms with Gasteiger partial charge in [-0.3, -0.25) is 9.59 Å². The maximum Gasteiger partial charge on any atom is 0.313 e. The van der Waals surface area contributed by atoms with Gasteiger partial charge in [0.2, 0.25) is 0 Å². The summed E-state index contributed by atoms with van der Waals surface area (Å²) in [6.07, 6.45) is 0.591. The van der Waals surface area contributed by atoms with E-state index in [0.717, 1.165) is 5.56 Å². The van der Waals surface area contributed by atoms with E-state index in [9.17, 15) is 14.0 Å². The number of hydrogen-bond donors (Lipinski definition) is 0. The van der Waals surface area contributed by atoms with Crippen LogP contribution in [0, 0.1) is 5.82 Å². The summed E-state index contributed by atoms with van der Waals surface area (Å²) < 4.78 is 17.9. The second-order valence-electron chi connectivity index (χ2n) is 4.91. The molecule has 4 heteroatoms. The Balaban J connectivity index is 1.96. The van der Waals surface area contributed by atoms with Gasteiger partial charge in [0.05, 0.1) is 5.92 Å². The van der Waals surface area contributed by atoms with E-state index in [2.05, 4.69) is 0 Å². The fourth-order valence-corrected chi connectivity index (χ4v) is 2.18. The van der Waals surface area contributed by atoms with Crippen LogP contribution in [0.3, 0.4) is 0 Å². The molecule has 0 spiro atoms. The van der Waals surface area contributed by atoms with Gasteiger partial charge in [-0.1, -0.05) is 37.3 Å². The van der Waals surface area contributed by atoms with Crippen LogP contribution < -0.4 is 0 Å². The maximum atomic E-state index is 12.8. The summed E-state index contributed by atoms with van der Waals surface area (Å²) in [5, 5.41) is 0. The van der Waals surface area contributed by atoms with Crippen LogP contribution in [-0.2, 0) is 9.53 Å². The molecule has 0 bridgehead atoms. The summed E-state index contributed by atoms with van der Waals surface area (Å²) in [5.41, 5.74) is 1.19. The van der Waals surface area contributed by atoms with Crippen molar-refractivity contribution in [3.05, 3.63) is 71.5 Å².